The fourth-order valence-corrected chi connectivity index (χ4v) is 1.35. The average molecular weight is 170 g/mol. The van der Waals surface area contributed by atoms with Gasteiger partial charge in [-0.1, -0.05) is 33.8 Å². The zero-order chi connectivity index (χ0) is 9.78. The lowest BCUT2D eigenvalue weighted by Gasteiger charge is -2.27. The Labute approximate surface area is 74.3 Å². The summed E-state index contributed by atoms with van der Waals surface area (Å²) >= 11 is 0. The van der Waals surface area contributed by atoms with E-state index < -0.39 is 5.97 Å². The van der Waals surface area contributed by atoms with E-state index >= 15 is 0 Å². The Morgan fingerprint density at radius 2 is 2.00 bits per heavy atom. The number of carboxylic acids is 1. The van der Waals surface area contributed by atoms with Crippen LogP contribution in [0.3, 0.4) is 0 Å². The molecule has 0 saturated carbocycles. The van der Waals surface area contributed by atoms with Crippen LogP contribution in [0.2, 0.25) is 0 Å². The van der Waals surface area contributed by atoms with Crippen LogP contribution < -0.4 is 0 Å². The van der Waals surface area contributed by atoms with Crippen LogP contribution in [0.5, 0.6) is 0 Å². The topological polar surface area (TPSA) is 37.3 Å². The molecular weight excluding hydrogens is 152 g/mol. The Kier molecular flexibility index (Phi) is 4.01. The van der Waals surface area contributed by atoms with E-state index in [1.807, 2.05) is 13.8 Å². The summed E-state index contributed by atoms with van der Waals surface area (Å²) in [5.41, 5.74) is 0.118. The lowest BCUT2D eigenvalue weighted by molar-refractivity contribution is -0.134. The number of carboxylic acid groups (broad SMARTS) is 1. The molecule has 0 fully saturated rings. The highest BCUT2D eigenvalue weighted by Gasteiger charge is 2.28. The molecule has 0 aliphatic rings. The summed E-state index contributed by atoms with van der Waals surface area (Å²) in [5.74, 6) is -0.868. The molecule has 0 aromatic rings. The molecule has 1 atom stereocenters. The summed E-state index contributed by atoms with van der Waals surface area (Å²) in [7, 11) is 0. The van der Waals surface area contributed by atoms with E-state index in [1.165, 1.54) is 0 Å². The van der Waals surface area contributed by atoms with Gasteiger partial charge in [-0.25, -0.2) is 4.79 Å². The van der Waals surface area contributed by atoms with Gasteiger partial charge in [0.05, 0.1) is 0 Å². The number of carbonyl (C=O) groups is 1. The summed E-state index contributed by atoms with van der Waals surface area (Å²) in [4.78, 5) is 10.7. The van der Waals surface area contributed by atoms with Gasteiger partial charge < -0.3 is 5.11 Å². The molecule has 12 heavy (non-hydrogen) atoms. The van der Waals surface area contributed by atoms with Crippen molar-refractivity contribution >= 4 is 5.97 Å². The zero-order valence-electron chi connectivity index (χ0n) is 8.18. The van der Waals surface area contributed by atoms with Crippen LogP contribution >= 0.6 is 0 Å². The maximum absolute atomic E-state index is 10.7. The Bertz CT molecular complexity index is 184. The van der Waals surface area contributed by atoms with Crippen LogP contribution in [0.1, 0.15) is 40.0 Å². The first kappa shape index (κ1) is 11.2. The summed E-state index contributed by atoms with van der Waals surface area (Å²) in [6.07, 6.45) is 2.73. The predicted molar refractivity (Wildman–Crippen MR) is 50.1 cm³/mol. The quantitative estimate of drug-likeness (QED) is 0.644. The number of rotatable bonds is 5. The monoisotopic (exact) mass is 170 g/mol. The van der Waals surface area contributed by atoms with E-state index in [2.05, 4.69) is 13.5 Å². The maximum Gasteiger partial charge on any atom is 0.331 e. The molecule has 0 bridgehead atoms. The lowest BCUT2D eigenvalue weighted by Crippen LogP contribution is -2.22. The number of hydrogen-bond acceptors (Lipinski definition) is 1. The highest BCUT2D eigenvalue weighted by Crippen LogP contribution is 2.34. The van der Waals surface area contributed by atoms with Crippen molar-refractivity contribution < 1.29 is 9.90 Å². The van der Waals surface area contributed by atoms with Crippen LogP contribution in [0.4, 0.5) is 0 Å². The van der Waals surface area contributed by atoms with Gasteiger partial charge in [-0.15, -0.1) is 0 Å². The van der Waals surface area contributed by atoms with Crippen LogP contribution in [0.15, 0.2) is 12.2 Å². The minimum absolute atomic E-state index is 0.222. The molecule has 0 aliphatic heterocycles. The fourth-order valence-electron chi connectivity index (χ4n) is 1.35. The third-order valence-electron chi connectivity index (χ3n) is 2.57. The van der Waals surface area contributed by atoms with Crippen molar-refractivity contribution in [3.05, 3.63) is 12.2 Å². The molecule has 0 spiro atoms. The molecule has 0 radical (unpaired) electrons. The normalized spacial score (nSPS) is 15.2. The Morgan fingerprint density at radius 3 is 2.25 bits per heavy atom. The highest BCUT2D eigenvalue weighted by molar-refractivity contribution is 5.87. The average Bonchev–Trinajstić information content (AvgIpc) is 2.03. The van der Waals surface area contributed by atoms with E-state index in [0.717, 1.165) is 19.3 Å². The van der Waals surface area contributed by atoms with Gasteiger partial charge in [0.25, 0.3) is 0 Å². The molecule has 0 amide bonds. The minimum Gasteiger partial charge on any atom is -0.478 e. The van der Waals surface area contributed by atoms with E-state index in [0.29, 0.717) is 5.57 Å². The first-order chi connectivity index (χ1) is 5.48. The van der Waals surface area contributed by atoms with E-state index in [9.17, 15) is 4.79 Å². The lowest BCUT2D eigenvalue weighted by atomic mass is 9.77. The largest absolute Gasteiger partial charge is 0.478 e. The molecule has 0 heterocycles. The molecule has 2 nitrogen and oxygen atoms in total. The highest BCUT2D eigenvalue weighted by atomic mass is 16.4. The van der Waals surface area contributed by atoms with Crippen LogP contribution in [0, 0.1) is 5.41 Å². The van der Waals surface area contributed by atoms with Crippen molar-refractivity contribution in [3.63, 3.8) is 0 Å². The number of aliphatic carboxylic acids is 1. The van der Waals surface area contributed by atoms with Crippen molar-refractivity contribution in [2.75, 3.05) is 0 Å². The van der Waals surface area contributed by atoms with E-state index in [-0.39, 0.29) is 5.41 Å². The van der Waals surface area contributed by atoms with Gasteiger partial charge in [0.2, 0.25) is 0 Å². The predicted octanol–water partition coefficient (Wildman–Crippen LogP) is 2.84. The minimum atomic E-state index is -0.868. The van der Waals surface area contributed by atoms with E-state index in [1.54, 1.807) is 0 Å². The van der Waals surface area contributed by atoms with Gasteiger partial charge >= 0.3 is 5.97 Å². The van der Waals surface area contributed by atoms with Gasteiger partial charge in [-0.05, 0) is 18.3 Å². The van der Waals surface area contributed by atoms with Crippen molar-refractivity contribution in [1.29, 1.82) is 0 Å². The SMILES string of the molecule is C=C(C(=O)O)C(C)(CC)CCC. The van der Waals surface area contributed by atoms with Crippen molar-refractivity contribution in [1.82, 2.24) is 0 Å². The molecule has 0 saturated heterocycles. The molecule has 1 unspecified atom stereocenters. The third kappa shape index (κ3) is 2.36. The Morgan fingerprint density at radius 1 is 1.50 bits per heavy atom. The fraction of sp³-hybridized carbons (Fsp3) is 0.700. The molecular formula is C10H18O2. The second-order valence-corrected chi connectivity index (χ2v) is 3.45. The van der Waals surface area contributed by atoms with Crippen LogP contribution in [0.25, 0.3) is 0 Å². The summed E-state index contributed by atoms with van der Waals surface area (Å²) in [6, 6.07) is 0. The van der Waals surface area contributed by atoms with Crippen LogP contribution in [-0.2, 0) is 4.79 Å². The van der Waals surface area contributed by atoms with Gasteiger partial charge in [-0.3, -0.25) is 0 Å². The molecule has 0 aromatic heterocycles. The first-order valence-electron chi connectivity index (χ1n) is 4.40. The van der Waals surface area contributed by atoms with Crippen molar-refractivity contribution in [2.45, 2.75) is 40.0 Å². The van der Waals surface area contributed by atoms with Gasteiger partial charge in [0.15, 0.2) is 0 Å². The van der Waals surface area contributed by atoms with Crippen molar-refractivity contribution in [2.24, 2.45) is 5.41 Å². The third-order valence-corrected chi connectivity index (χ3v) is 2.57. The van der Waals surface area contributed by atoms with Gasteiger partial charge in [0.1, 0.15) is 0 Å². The summed E-state index contributed by atoms with van der Waals surface area (Å²) in [6.45, 7) is 9.64. The Hall–Kier alpha value is -0.790. The zero-order valence-corrected chi connectivity index (χ0v) is 8.18. The maximum atomic E-state index is 10.7. The Balaban J connectivity index is 4.51. The number of hydrogen-bond donors (Lipinski definition) is 1. The molecule has 0 rings (SSSR count). The van der Waals surface area contributed by atoms with Crippen LogP contribution in [-0.4, -0.2) is 11.1 Å². The second-order valence-electron chi connectivity index (χ2n) is 3.45. The summed E-state index contributed by atoms with van der Waals surface area (Å²) in [5, 5.41) is 8.78. The molecule has 1 N–H and O–H groups in total. The standard InChI is InChI=1S/C10H18O2/c1-5-7-10(4,6-2)8(3)9(11)12/h3,5-7H2,1-2,4H3,(H,11,12). The first-order valence-corrected chi connectivity index (χ1v) is 4.40. The second kappa shape index (κ2) is 4.29. The van der Waals surface area contributed by atoms with Gasteiger partial charge in [0, 0.05) is 5.57 Å². The smallest absolute Gasteiger partial charge is 0.331 e. The summed E-state index contributed by atoms with van der Waals surface area (Å²) < 4.78 is 0. The molecule has 0 aliphatic carbocycles. The molecule has 0 aromatic carbocycles. The van der Waals surface area contributed by atoms with Gasteiger partial charge in [-0.2, -0.15) is 0 Å². The van der Waals surface area contributed by atoms with Crippen molar-refractivity contribution in [3.8, 4) is 0 Å². The molecule has 70 valence electrons. The molecule has 2 heteroatoms. The van der Waals surface area contributed by atoms with E-state index in [4.69, 9.17) is 5.11 Å².